The summed E-state index contributed by atoms with van der Waals surface area (Å²) in [6, 6.07) is 12.0. The Balaban J connectivity index is 1.86. The smallest absolute Gasteiger partial charge is 0.187 e. The summed E-state index contributed by atoms with van der Waals surface area (Å²) < 4.78 is 0. The summed E-state index contributed by atoms with van der Waals surface area (Å²) in [7, 11) is 0. The third-order valence-electron chi connectivity index (χ3n) is 2.84. The fourth-order valence-corrected chi connectivity index (χ4v) is 2.56. The van der Waals surface area contributed by atoms with E-state index in [1.807, 2.05) is 42.6 Å². The summed E-state index contributed by atoms with van der Waals surface area (Å²) in [5.41, 5.74) is 4.28. The van der Waals surface area contributed by atoms with E-state index in [-0.39, 0.29) is 0 Å². The van der Waals surface area contributed by atoms with Crippen molar-refractivity contribution in [1.29, 1.82) is 0 Å². The van der Waals surface area contributed by atoms with Gasteiger partial charge in [-0.15, -0.1) is 11.3 Å². The molecule has 3 aromatic rings. The van der Waals surface area contributed by atoms with Crippen molar-refractivity contribution in [1.82, 2.24) is 9.97 Å². The van der Waals surface area contributed by atoms with Gasteiger partial charge in [-0.3, -0.25) is 4.98 Å². The van der Waals surface area contributed by atoms with Crippen molar-refractivity contribution in [2.75, 3.05) is 5.32 Å². The fraction of sp³-hybridized carbons (Fsp3) is 0.0667. The third-order valence-corrected chi connectivity index (χ3v) is 3.60. The molecule has 0 unspecified atom stereocenters. The molecule has 0 bridgehead atoms. The Morgan fingerprint density at radius 1 is 1.11 bits per heavy atom. The van der Waals surface area contributed by atoms with Crippen molar-refractivity contribution in [2.45, 2.75) is 6.92 Å². The first-order chi connectivity index (χ1) is 9.33. The molecular weight excluding hydrogens is 254 g/mol. The molecule has 0 aliphatic rings. The monoisotopic (exact) mass is 267 g/mol. The van der Waals surface area contributed by atoms with Gasteiger partial charge in [0, 0.05) is 29.0 Å². The standard InChI is InChI=1S/C15H13N3S/c1-11-7-8-16-9-13(11)14-10-19-15(18-14)17-12-5-3-2-4-6-12/h2-10H,1H3,(H,17,18). The Morgan fingerprint density at radius 2 is 1.95 bits per heavy atom. The number of para-hydroxylation sites is 1. The van der Waals surface area contributed by atoms with Crippen LogP contribution in [0.4, 0.5) is 10.8 Å². The van der Waals surface area contributed by atoms with Gasteiger partial charge in [0.15, 0.2) is 5.13 Å². The summed E-state index contributed by atoms with van der Waals surface area (Å²) >= 11 is 1.60. The van der Waals surface area contributed by atoms with Crippen LogP contribution in [-0.2, 0) is 0 Å². The number of benzene rings is 1. The molecular formula is C15H13N3S. The molecule has 0 aliphatic heterocycles. The molecule has 2 heterocycles. The SMILES string of the molecule is Cc1ccncc1-c1csc(Nc2ccccc2)n1. The Labute approximate surface area is 116 Å². The first-order valence-corrected chi connectivity index (χ1v) is 6.89. The summed E-state index contributed by atoms with van der Waals surface area (Å²) in [5.74, 6) is 0. The Morgan fingerprint density at radius 3 is 2.74 bits per heavy atom. The van der Waals surface area contributed by atoms with Gasteiger partial charge in [-0.25, -0.2) is 4.98 Å². The Kier molecular flexibility index (Phi) is 3.25. The van der Waals surface area contributed by atoms with Gasteiger partial charge in [-0.2, -0.15) is 0 Å². The van der Waals surface area contributed by atoms with Gasteiger partial charge in [0.2, 0.25) is 0 Å². The molecule has 1 N–H and O–H groups in total. The van der Waals surface area contributed by atoms with E-state index < -0.39 is 0 Å². The molecule has 1 aromatic carbocycles. The topological polar surface area (TPSA) is 37.8 Å². The molecule has 19 heavy (non-hydrogen) atoms. The lowest BCUT2D eigenvalue weighted by Gasteiger charge is -2.02. The first-order valence-electron chi connectivity index (χ1n) is 6.01. The predicted octanol–water partition coefficient (Wildman–Crippen LogP) is 4.26. The van der Waals surface area contributed by atoms with Crippen LogP contribution in [0.15, 0.2) is 54.2 Å². The van der Waals surface area contributed by atoms with Crippen LogP contribution >= 0.6 is 11.3 Å². The number of nitrogens with one attached hydrogen (secondary N) is 1. The lowest BCUT2D eigenvalue weighted by molar-refractivity contribution is 1.26. The van der Waals surface area contributed by atoms with Crippen LogP contribution in [0.5, 0.6) is 0 Å². The van der Waals surface area contributed by atoms with Gasteiger partial charge in [0.25, 0.3) is 0 Å². The second-order valence-electron chi connectivity index (χ2n) is 4.22. The molecule has 94 valence electrons. The molecule has 0 saturated carbocycles. The van der Waals surface area contributed by atoms with Crippen LogP contribution in [0.2, 0.25) is 0 Å². The Bertz CT molecular complexity index is 677. The number of aryl methyl sites for hydroxylation is 1. The molecule has 4 heteroatoms. The number of rotatable bonds is 3. The van der Waals surface area contributed by atoms with Gasteiger partial charge in [-0.1, -0.05) is 18.2 Å². The van der Waals surface area contributed by atoms with Crippen LogP contribution in [0.3, 0.4) is 0 Å². The van der Waals surface area contributed by atoms with E-state index in [1.165, 1.54) is 5.56 Å². The number of anilines is 2. The van der Waals surface area contributed by atoms with Gasteiger partial charge >= 0.3 is 0 Å². The lowest BCUT2D eigenvalue weighted by atomic mass is 10.1. The number of pyridine rings is 1. The van der Waals surface area contributed by atoms with Crippen molar-refractivity contribution >= 4 is 22.2 Å². The summed E-state index contributed by atoms with van der Waals surface area (Å²) in [6.45, 7) is 2.07. The maximum atomic E-state index is 4.60. The molecule has 2 aromatic heterocycles. The number of nitrogens with zero attached hydrogens (tertiary/aromatic N) is 2. The highest BCUT2D eigenvalue weighted by molar-refractivity contribution is 7.14. The van der Waals surface area contributed by atoms with E-state index in [9.17, 15) is 0 Å². The maximum absolute atomic E-state index is 4.60. The summed E-state index contributed by atoms with van der Waals surface area (Å²) in [5, 5.41) is 6.24. The first kappa shape index (κ1) is 11.9. The number of hydrogen-bond acceptors (Lipinski definition) is 4. The minimum absolute atomic E-state index is 0.893. The molecule has 3 nitrogen and oxygen atoms in total. The van der Waals surface area contributed by atoms with Crippen LogP contribution in [0.25, 0.3) is 11.3 Å². The van der Waals surface area contributed by atoms with E-state index in [0.717, 1.165) is 22.1 Å². The number of aromatic nitrogens is 2. The second kappa shape index (κ2) is 5.20. The van der Waals surface area contributed by atoms with Crippen molar-refractivity contribution in [2.24, 2.45) is 0 Å². The molecule has 0 radical (unpaired) electrons. The van der Waals surface area contributed by atoms with E-state index in [4.69, 9.17) is 0 Å². The highest BCUT2D eigenvalue weighted by Gasteiger charge is 2.07. The molecule has 0 aliphatic carbocycles. The molecule has 0 saturated heterocycles. The number of thiazole rings is 1. The number of hydrogen-bond donors (Lipinski definition) is 1. The minimum Gasteiger partial charge on any atom is -0.332 e. The van der Waals surface area contributed by atoms with Gasteiger partial charge in [0.1, 0.15) is 0 Å². The van der Waals surface area contributed by atoms with Crippen molar-refractivity contribution in [3.8, 4) is 11.3 Å². The molecule has 0 spiro atoms. The van der Waals surface area contributed by atoms with Gasteiger partial charge < -0.3 is 5.32 Å². The summed E-state index contributed by atoms with van der Waals surface area (Å²) in [4.78, 5) is 8.76. The summed E-state index contributed by atoms with van der Waals surface area (Å²) in [6.07, 6.45) is 3.66. The van der Waals surface area contributed by atoms with Crippen LogP contribution in [-0.4, -0.2) is 9.97 Å². The predicted molar refractivity (Wildman–Crippen MR) is 79.8 cm³/mol. The molecule has 3 rings (SSSR count). The quantitative estimate of drug-likeness (QED) is 0.770. The third kappa shape index (κ3) is 2.63. The zero-order chi connectivity index (χ0) is 13.1. The Hall–Kier alpha value is -2.20. The second-order valence-corrected chi connectivity index (χ2v) is 5.08. The average Bonchev–Trinajstić information content (AvgIpc) is 2.89. The fourth-order valence-electron chi connectivity index (χ4n) is 1.83. The zero-order valence-electron chi connectivity index (χ0n) is 10.5. The van der Waals surface area contributed by atoms with E-state index in [0.29, 0.717) is 0 Å². The average molecular weight is 267 g/mol. The van der Waals surface area contributed by atoms with Gasteiger partial charge in [0.05, 0.1) is 5.69 Å². The van der Waals surface area contributed by atoms with Crippen molar-refractivity contribution in [3.05, 3.63) is 59.7 Å². The molecule has 0 amide bonds. The van der Waals surface area contributed by atoms with Crippen molar-refractivity contribution in [3.63, 3.8) is 0 Å². The highest BCUT2D eigenvalue weighted by Crippen LogP contribution is 2.28. The minimum atomic E-state index is 0.893. The maximum Gasteiger partial charge on any atom is 0.187 e. The van der Waals surface area contributed by atoms with Crippen LogP contribution in [0.1, 0.15) is 5.56 Å². The normalized spacial score (nSPS) is 10.4. The lowest BCUT2D eigenvalue weighted by Crippen LogP contribution is -1.89. The van der Waals surface area contributed by atoms with Crippen LogP contribution < -0.4 is 5.32 Å². The van der Waals surface area contributed by atoms with Crippen molar-refractivity contribution < 1.29 is 0 Å². The largest absolute Gasteiger partial charge is 0.332 e. The zero-order valence-corrected chi connectivity index (χ0v) is 11.3. The van der Waals surface area contributed by atoms with E-state index in [2.05, 4.69) is 27.6 Å². The van der Waals surface area contributed by atoms with E-state index in [1.54, 1.807) is 17.5 Å². The highest BCUT2D eigenvalue weighted by atomic mass is 32.1. The van der Waals surface area contributed by atoms with E-state index >= 15 is 0 Å². The van der Waals surface area contributed by atoms with Gasteiger partial charge in [-0.05, 0) is 30.7 Å². The van der Waals surface area contributed by atoms with Crippen LogP contribution in [0, 0.1) is 6.92 Å². The molecule has 0 fully saturated rings. The molecule has 0 atom stereocenters.